The lowest BCUT2D eigenvalue weighted by Gasteiger charge is -2.25. The van der Waals surface area contributed by atoms with Gasteiger partial charge in [-0.25, -0.2) is 4.79 Å². The largest absolute Gasteiger partial charge is 0.467 e. The van der Waals surface area contributed by atoms with Gasteiger partial charge in [0.15, 0.2) is 0 Å². The molecule has 0 N–H and O–H groups in total. The highest BCUT2D eigenvalue weighted by Crippen LogP contribution is 2.21. The van der Waals surface area contributed by atoms with Crippen LogP contribution in [0.3, 0.4) is 0 Å². The van der Waals surface area contributed by atoms with Gasteiger partial charge in [0, 0.05) is 11.5 Å². The fourth-order valence-corrected chi connectivity index (χ4v) is 2.02. The van der Waals surface area contributed by atoms with E-state index in [0.29, 0.717) is 13.0 Å². The quantitative estimate of drug-likeness (QED) is 0.243. The van der Waals surface area contributed by atoms with Crippen LogP contribution in [-0.2, 0) is 14.3 Å². The summed E-state index contributed by atoms with van der Waals surface area (Å²) in [5, 5.41) is 3.44. The van der Waals surface area contributed by atoms with Crippen molar-refractivity contribution >= 4 is 11.9 Å². The van der Waals surface area contributed by atoms with Crippen LogP contribution >= 0.6 is 0 Å². The summed E-state index contributed by atoms with van der Waals surface area (Å²) < 4.78 is 4.66. The van der Waals surface area contributed by atoms with Gasteiger partial charge in [-0.1, -0.05) is 11.2 Å². The number of rotatable bonds is 5. The first-order valence-electron chi connectivity index (χ1n) is 5.69. The molecular formula is C11H16N4O3. The SMILES string of the molecule is C=CC[C@@H](N=[N+]=[N-])C(=O)N1CCC[C@H]1C(=O)OC. The summed E-state index contributed by atoms with van der Waals surface area (Å²) in [5.74, 6) is -0.778. The first-order valence-corrected chi connectivity index (χ1v) is 5.69. The highest BCUT2D eigenvalue weighted by Gasteiger charge is 2.37. The normalized spacial score (nSPS) is 19.8. The third-order valence-corrected chi connectivity index (χ3v) is 2.88. The first-order chi connectivity index (χ1) is 8.65. The Hall–Kier alpha value is -2.01. The van der Waals surface area contributed by atoms with Crippen LogP contribution in [-0.4, -0.2) is 42.5 Å². The van der Waals surface area contributed by atoms with E-state index in [4.69, 9.17) is 5.53 Å². The maximum absolute atomic E-state index is 12.2. The lowest BCUT2D eigenvalue weighted by Crippen LogP contribution is -2.45. The number of hydrogen-bond acceptors (Lipinski definition) is 4. The number of likely N-dealkylation sites (tertiary alicyclic amines) is 1. The molecular weight excluding hydrogens is 236 g/mol. The highest BCUT2D eigenvalue weighted by molar-refractivity contribution is 5.88. The third-order valence-electron chi connectivity index (χ3n) is 2.88. The Morgan fingerprint density at radius 1 is 1.72 bits per heavy atom. The second kappa shape index (κ2) is 6.66. The summed E-state index contributed by atoms with van der Waals surface area (Å²) in [5.41, 5.74) is 8.44. The number of methoxy groups -OCH3 is 1. The predicted molar refractivity (Wildman–Crippen MR) is 64.5 cm³/mol. The zero-order chi connectivity index (χ0) is 13.5. The van der Waals surface area contributed by atoms with Crippen molar-refractivity contribution in [2.75, 3.05) is 13.7 Å². The molecule has 0 radical (unpaired) electrons. The van der Waals surface area contributed by atoms with E-state index in [9.17, 15) is 9.59 Å². The summed E-state index contributed by atoms with van der Waals surface area (Å²) in [6.07, 6.45) is 3.09. The van der Waals surface area contributed by atoms with Crippen LogP contribution in [0.2, 0.25) is 0 Å². The van der Waals surface area contributed by atoms with Gasteiger partial charge < -0.3 is 9.64 Å². The van der Waals surface area contributed by atoms with Crippen molar-refractivity contribution in [3.63, 3.8) is 0 Å². The lowest BCUT2D eigenvalue weighted by molar-refractivity contribution is -0.151. The Morgan fingerprint density at radius 2 is 2.44 bits per heavy atom. The molecule has 1 amide bonds. The molecule has 0 spiro atoms. The van der Waals surface area contributed by atoms with E-state index in [1.165, 1.54) is 18.1 Å². The van der Waals surface area contributed by atoms with E-state index in [2.05, 4.69) is 21.3 Å². The van der Waals surface area contributed by atoms with Crippen molar-refractivity contribution in [1.82, 2.24) is 4.90 Å². The summed E-state index contributed by atoms with van der Waals surface area (Å²) in [6.45, 7) is 4.00. The molecule has 1 heterocycles. The molecule has 1 aliphatic rings. The Bertz CT molecular complexity index is 390. The van der Waals surface area contributed by atoms with Crippen molar-refractivity contribution in [2.24, 2.45) is 5.11 Å². The van der Waals surface area contributed by atoms with E-state index in [1.54, 1.807) is 0 Å². The second-order valence-electron chi connectivity index (χ2n) is 3.96. The minimum atomic E-state index is -0.835. The molecule has 0 saturated carbocycles. The van der Waals surface area contributed by atoms with Gasteiger partial charge in [-0.2, -0.15) is 0 Å². The molecule has 98 valence electrons. The minimum absolute atomic E-state index is 0.257. The zero-order valence-electron chi connectivity index (χ0n) is 10.3. The van der Waals surface area contributed by atoms with E-state index in [1.807, 2.05) is 0 Å². The number of nitrogens with zero attached hydrogens (tertiary/aromatic N) is 4. The summed E-state index contributed by atoms with van der Waals surface area (Å²) in [7, 11) is 1.29. The average Bonchev–Trinajstić information content (AvgIpc) is 2.86. The van der Waals surface area contributed by atoms with Crippen molar-refractivity contribution in [2.45, 2.75) is 31.3 Å². The highest BCUT2D eigenvalue weighted by atomic mass is 16.5. The number of ether oxygens (including phenoxy) is 1. The Labute approximate surface area is 105 Å². The van der Waals surface area contributed by atoms with Crippen LogP contribution in [0.5, 0.6) is 0 Å². The predicted octanol–water partition coefficient (Wildman–Crippen LogP) is 1.41. The molecule has 0 unspecified atom stereocenters. The Balaban J connectivity index is 2.83. The van der Waals surface area contributed by atoms with Crippen LogP contribution in [0.15, 0.2) is 17.8 Å². The molecule has 0 aliphatic carbocycles. The fourth-order valence-electron chi connectivity index (χ4n) is 2.02. The molecule has 0 aromatic carbocycles. The Morgan fingerprint density at radius 3 is 3.00 bits per heavy atom. The number of azide groups is 1. The molecule has 1 saturated heterocycles. The molecule has 1 aliphatic heterocycles. The van der Waals surface area contributed by atoms with Gasteiger partial charge in [0.2, 0.25) is 5.91 Å². The number of carbonyl (C=O) groups excluding carboxylic acids is 2. The molecule has 2 atom stereocenters. The van der Waals surface area contributed by atoms with Crippen LogP contribution in [0.1, 0.15) is 19.3 Å². The number of hydrogen-bond donors (Lipinski definition) is 0. The number of carbonyl (C=O) groups is 2. The maximum atomic E-state index is 12.2. The summed E-state index contributed by atoms with van der Waals surface area (Å²) >= 11 is 0. The van der Waals surface area contributed by atoms with Gasteiger partial charge in [-0.15, -0.1) is 6.58 Å². The average molecular weight is 252 g/mol. The van der Waals surface area contributed by atoms with Crippen LogP contribution in [0.25, 0.3) is 10.4 Å². The van der Waals surface area contributed by atoms with Gasteiger partial charge in [-0.05, 0) is 24.8 Å². The van der Waals surface area contributed by atoms with Crippen molar-refractivity contribution in [3.05, 3.63) is 23.1 Å². The van der Waals surface area contributed by atoms with Crippen LogP contribution in [0, 0.1) is 0 Å². The second-order valence-corrected chi connectivity index (χ2v) is 3.96. The molecule has 0 bridgehead atoms. The van der Waals surface area contributed by atoms with Crippen molar-refractivity contribution in [1.29, 1.82) is 0 Å². The molecule has 18 heavy (non-hydrogen) atoms. The zero-order valence-corrected chi connectivity index (χ0v) is 10.3. The van der Waals surface area contributed by atoms with Gasteiger partial charge in [0.1, 0.15) is 12.1 Å². The molecule has 7 heteroatoms. The van der Waals surface area contributed by atoms with Crippen LogP contribution in [0.4, 0.5) is 0 Å². The molecule has 7 nitrogen and oxygen atoms in total. The third kappa shape index (κ3) is 3.01. The van der Waals surface area contributed by atoms with E-state index in [0.717, 1.165) is 6.42 Å². The molecule has 0 aromatic heterocycles. The van der Waals surface area contributed by atoms with Gasteiger partial charge in [0.25, 0.3) is 0 Å². The molecule has 1 fully saturated rings. The van der Waals surface area contributed by atoms with Gasteiger partial charge >= 0.3 is 5.97 Å². The van der Waals surface area contributed by atoms with Gasteiger partial charge in [0.05, 0.1) is 7.11 Å². The number of amides is 1. The van der Waals surface area contributed by atoms with Crippen LogP contribution < -0.4 is 0 Å². The summed E-state index contributed by atoms with van der Waals surface area (Å²) in [4.78, 5) is 27.8. The maximum Gasteiger partial charge on any atom is 0.328 e. The minimum Gasteiger partial charge on any atom is -0.467 e. The van der Waals surface area contributed by atoms with Gasteiger partial charge in [-0.3, -0.25) is 4.79 Å². The molecule has 0 aromatic rings. The smallest absolute Gasteiger partial charge is 0.328 e. The lowest BCUT2D eigenvalue weighted by atomic mass is 10.1. The topological polar surface area (TPSA) is 95.4 Å². The fraction of sp³-hybridized carbons (Fsp3) is 0.636. The molecule has 1 rings (SSSR count). The standard InChI is InChI=1S/C11H16N4O3/c1-3-5-8(13-14-12)10(16)15-7-4-6-9(15)11(17)18-2/h3,8-9H,1,4-7H2,2H3/t8-,9+/m1/s1. The van der Waals surface area contributed by atoms with Crippen molar-refractivity contribution in [3.8, 4) is 0 Å². The van der Waals surface area contributed by atoms with E-state index >= 15 is 0 Å². The first kappa shape index (κ1) is 14.1. The monoisotopic (exact) mass is 252 g/mol. The van der Waals surface area contributed by atoms with Crippen molar-refractivity contribution < 1.29 is 14.3 Å². The number of esters is 1. The van der Waals surface area contributed by atoms with E-state index < -0.39 is 18.1 Å². The summed E-state index contributed by atoms with van der Waals surface area (Å²) in [6, 6.07) is -1.40. The Kier molecular flexibility index (Phi) is 5.20. The van der Waals surface area contributed by atoms with E-state index in [-0.39, 0.29) is 12.3 Å².